The molecule has 2 aliphatic rings. The summed E-state index contributed by atoms with van der Waals surface area (Å²) >= 11 is 1.44. The van der Waals surface area contributed by atoms with Gasteiger partial charge in [0.15, 0.2) is 10.8 Å². The number of carbonyl (C=O) groups excluding carboxylic acids is 3. The normalized spacial score (nSPS) is 15.4. The summed E-state index contributed by atoms with van der Waals surface area (Å²) < 4.78 is 33.9. The monoisotopic (exact) mass is 821 g/mol. The highest BCUT2D eigenvalue weighted by molar-refractivity contribution is 7.22. The fourth-order valence-corrected chi connectivity index (χ4v) is 8.65. The molecule has 0 radical (unpaired) electrons. The Kier molecular flexibility index (Phi) is 12.6. The topological polar surface area (TPSA) is 123 Å². The Morgan fingerprint density at radius 2 is 1.71 bits per heavy atom. The molecule has 3 aromatic carbocycles. The molecule has 0 unspecified atom stereocenters. The van der Waals surface area contributed by atoms with Crippen LogP contribution in [0.25, 0.3) is 21.3 Å². The number of ether oxygens (including phenoxy) is 3. The third kappa shape index (κ3) is 10.1. The summed E-state index contributed by atoms with van der Waals surface area (Å²) in [6, 6.07) is 23.1. The van der Waals surface area contributed by atoms with E-state index in [2.05, 4.69) is 21.3 Å². The van der Waals surface area contributed by atoms with E-state index in [0.29, 0.717) is 99.3 Å². The minimum Gasteiger partial charge on any atom is -0.493 e. The highest BCUT2D eigenvalue weighted by atomic mass is 32.1. The van der Waals surface area contributed by atoms with Gasteiger partial charge in [-0.15, -0.1) is 0 Å². The van der Waals surface area contributed by atoms with Crippen molar-refractivity contribution in [2.24, 2.45) is 0 Å². The summed E-state index contributed by atoms with van der Waals surface area (Å²) in [5.41, 5.74) is 3.73. The van der Waals surface area contributed by atoms with Gasteiger partial charge < -0.3 is 19.1 Å². The van der Waals surface area contributed by atoms with Crippen LogP contribution in [0, 0.1) is 6.92 Å². The molecule has 7 rings (SSSR count). The number of carbonyl (C=O) groups is 3. The number of anilines is 2. The molecule has 59 heavy (non-hydrogen) atoms. The van der Waals surface area contributed by atoms with E-state index in [1.807, 2.05) is 99.3 Å². The number of fused-ring (bicyclic) bond motifs is 2. The smallest absolute Gasteiger partial charge is 0.358 e. The number of pyridine rings is 1. The number of aromatic nitrogens is 2. The van der Waals surface area contributed by atoms with Gasteiger partial charge in [0.25, 0.3) is 5.91 Å². The average molecular weight is 822 g/mol. The third-order valence-electron chi connectivity index (χ3n) is 10.8. The minimum atomic E-state index is -1.30. The summed E-state index contributed by atoms with van der Waals surface area (Å²) in [5, 5.41) is 3.55. The van der Waals surface area contributed by atoms with Crippen LogP contribution in [0.2, 0.25) is 0 Å². The number of likely N-dealkylation sites (tertiary alicyclic amines) is 1. The first-order valence-electron chi connectivity index (χ1n) is 20.4. The number of nitrogens with one attached hydrogen (secondary N) is 1. The summed E-state index contributed by atoms with van der Waals surface area (Å²) in [6.45, 7) is 12.1. The molecular weight excluding hydrogens is 770 g/mol. The lowest BCUT2D eigenvalue weighted by Gasteiger charge is -2.36. The van der Waals surface area contributed by atoms with Crippen LogP contribution in [0.5, 0.6) is 5.75 Å². The van der Waals surface area contributed by atoms with E-state index in [-0.39, 0.29) is 24.1 Å². The Balaban J connectivity index is 1.06. The van der Waals surface area contributed by atoms with Gasteiger partial charge in [0.1, 0.15) is 22.8 Å². The first-order valence-corrected chi connectivity index (χ1v) is 21.2. The lowest BCUT2D eigenvalue weighted by atomic mass is 9.89. The summed E-state index contributed by atoms with van der Waals surface area (Å²) in [5.74, 6) is 0.189. The van der Waals surface area contributed by atoms with Crippen LogP contribution < -0.4 is 15.0 Å². The molecule has 0 atom stereocenters. The van der Waals surface area contributed by atoms with Crippen molar-refractivity contribution in [3.05, 3.63) is 101 Å². The van der Waals surface area contributed by atoms with Crippen molar-refractivity contribution in [2.45, 2.75) is 84.5 Å². The van der Waals surface area contributed by atoms with E-state index >= 15 is 4.39 Å². The molecule has 13 heteroatoms. The molecule has 1 fully saturated rings. The maximum Gasteiger partial charge on any atom is 0.358 e. The highest BCUT2D eigenvalue weighted by Gasteiger charge is 2.35. The number of amides is 1. The summed E-state index contributed by atoms with van der Waals surface area (Å²) in [6.07, 6.45) is 2.32. The largest absolute Gasteiger partial charge is 0.493 e. The van der Waals surface area contributed by atoms with E-state index < -0.39 is 17.2 Å². The second-order valence-corrected chi connectivity index (χ2v) is 17.3. The SMILES string of the molecule is CCOC(=O)CN1CCC(F)(CCCOc2cccc(-c3ccc(N4CCc5cccc(C(=O)Nc6nc7ccccc7s6)c5C4)nc3C(=O)OC(C)(C)C)c2C)CC1. The molecule has 5 aromatic rings. The standard InChI is InChI=1S/C46H52FN5O6S/c1-6-56-40(53)29-51-25-22-46(47,23-26-51)21-11-27-57-37-16-10-13-32(30(37)2)33-18-19-39(49-41(33)43(55)58-45(3,4)5)52-24-20-31-12-9-14-34(35(31)28-52)42(54)50-44-48-36-15-7-8-17-38(36)59-44/h7-10,12-19H,6,11,20-29H2,1-5H3,(H,48,50,54). The van der Waals surface area contributed by atoms with Crippen molar-refractivity contribution in [1.82, 2.24) is 14.9 Å². The number of halogens is 1. The Hall–Kier alpha value is -5.40. The fraction of sp³-hybridized carbons (Fsp3) is 0.413. The molecular formula is C46H52FN5O6S. The number of rotatable bonds is 13. The Morgan fingerprint density at radius 3 is 2.47 bits per heavy atom. The molecule has 1 amide bonds. The number of alkyl halides is 1. The second kappa shape index (κ2) is 17.8. The van der Waals surface area contributed by atoms with Gasteiger partial charge in [0.2, 0.25) is 0 Å². The van der Waals surface area contributed by atoms with Crippen molar-refractivity contribution in [3.8, 4) is 16.9 Å². The number of benzene rings is 3. The Labute approximate surface area is 348 Å². The lowest BCUT2D eigenvalue weighted by molar-refractivity contribution is -0.145. The van der Waals surface area contributed by atoms with Crippen molar-refractivity contribution in [3.63, 3.8) is 0 Å². The lowest BCUT2D eigenvalue weighted by Crippen LogP contribution is -2.44. The van der Waals surface area contributed by atoms with Crippen molar-refractivity contribution in [2.75, 3.05) is 49.6 Å². The van der Waals surface area contributed by atoms with Gasteiger partial charge >= 0.3 is 11.9 Å². The van der Waals surface area contributed by atoms with E-state index in [1.165, 1.54) is 11.3 Å². The number of hydrogen-bond acceptors (Lipinski definition) is 11. The molecule has 0 aliphatic carbocycles. The first-order chi connectivity index (χ1) is 28.3. The predicted octanol–water partition coefficient (Wildman–Crippen LogP) is 8.96. The van der Waals surface area contributed by atoms with Crippen LogP contribution >= 0.6 is 11.3 Å². The minimum absolute atomic E-state index is 0.180. The number of esters is 2. The van der Waals surface area contributed by atoms with Gasteiger partial charge in [-0.1, -0.05) is 47.7 Å². The van der Waals surface area contributed by atoms with Gasteiger partial charge in [-0.05, 0) is 125 Å². The molecule has 2 aliphatic heterocycles. The molecule has 0 saturated carbocycles. The van der Waals surface area contributed by atoms with Crippen LogP contribution in [0.15, 0.2) is 72.8 Å². The van der Waals surface area contributed by atoms with E-state index in [0.717, 1.165) is 32.5 Å². The van der Waals surface area contributed by atoms with Gasteiger partial charge in [-0.25, -0.2) is 19.2 Å². The third-order valence-corrected chi connectivity index (χ3v) is 11.8. The average Bonchev–Trinajstić information content (AvgIpc) is 3.62. The quantitative estimate of drug-likeness (QED) is 0.0910. The van der Waals surface area contributed by atoms with Gasteiger partial charge in [0, 0.05) is 37.3 Å². The van der Waals surface area contributed by atoms with Crippen LogP contribution in [-0.2, 0) is 27.2 Å². The zero-order chi connectivity index (χ0) is 41.7. The van der Waals surface area contributed by atoms with Gasteiger partial charge in [-0.3, -0.25) is 19.8 Å². The van der Waals surface area contributed by atoms with Crippen molar-refractivity contribution >= 4 is 50.3 Å². The molecule has 11 nitrogen and oxygen atoms in total. The zero-order valence-corrected chi connectivity index (χ0v) is 35.3. The first kappa shape index (κ1) is 41.7. The predicted molar refractivity (Wildman–Crippen MR) is 229 cm³/mol. The molecule has 310 valence electrons. The van der Waals surface area contributed by atoms with E-state index in [4.69, 9.17) is 19.2 Å². The number of para-hydroxylation sites is 1. The molecule has 1 saturated heterocycles. The number of hydrogen-bond donors (Lipinski definition) is 1. The molecule has 4 heterocycles. The summed E-state index contributed by atoms with van der Waals surface area (Å²) in [7, 11) is 0. The van der Waals surface area contributed by atoms with Gasteiger partial charge in [0.05, 0.1) is 30.0 Å². The van der Waals surface area contributed by atoms with Gasteiger partial charge in [-0.2, -0.15) is 0 Å². The molecule has 0 spiro atoms. The summed E-state index contributed by atoms with van der Waals surface area (Å²) in [4.78, 5) is 53.0. The second-order valence-electron chi connectivity index (χ2n) is 16.2. The highest BCUT2D eigenvalue weighted by Crippen LogP contribution is 2.36. The number of piperidine rings is 1. The molecule has 0 bridgehead atoms. The zero-order valence-electron chi connectivity index (χ0n) is 34.4. The number of thiazole rings is 1. The fourth-order valence-electron chi connectivity index (χ4n) is 7.79. The maximum absolute atomic E-state index is 15.7. The van der Waals surface area contributed by atoms with Crippen LogP contribution in [-0.4, -0.2) is 83.4 Å². The van der Waals surface area contributed by atoms with Crippen molar-refractivity contribution in [1.29, 1.82) is 0 Å². The van der Waals surface area contributed by atoms with E-state index in [1.54, 1.807) is 6.92 Å². The van der Waals surface area contributed by atoms with Crippen molar-refractivity contribution < 1.29 is 33.0 Å². The Bertz CT molecular complexity index is 2300. The molecule has 1 N–H and O–H groups in total. The molecule has 2 aromatic heterocycles. The van der Waals surface area contributed by atoms with Crippen LogP contribution in [0.4, 0.5) is 15.3 Å². The maximum atomic E-state index is 15.7. The van der Waals surface area contributed by atoms with Crippen LogP contribution in [0.3, 0.4) is 0 Å². The number of nitrogens with zero attached hydrogens (tertiary/aromatic N) is 4. The van der Waals surface area contributed by atoms with Crippen LogP contribution in [0.1, 0.15) is 90.9 Å². The van der Waals surface area contributed by atoms with E-state index in [9.17, 15) is 14.4 Å². The Morgan fingerprint density at radius 1 is 0.932 bits per heavy atom.